The van der Waals surface area contributed by atoms with Crippen LogP contribution in [0.15, 0.2) is 60.8 Å². The number of ether oxygens (including phenoxy) is 1. The fourth-order valence-electron chi connectivity index (χ4n) is 5.32. The standard InChI is InChI=1S/C29H27F4N3O2.2C2H6/c1-17-14-25(27(36-17)20-6-9-22(10-7-20)38-29(31,32)33)28(37)35-16-18-2-4-19(5-3-18)23-12-13-34-26-11-8-21(30)15-24(23)26;2*1-2/h6-15,18-19,36H,2-5,16H2,1H3,(H,35,37);2*1-2H3. The topological polar surface area (TPSA) is 67.0 Å². The molecule has 42 heavy (non-hydrogen) atoms. The number of rotatable bonds is 6. The lowest BCUT2D eigenvalue weighted by Crippen LogP contribution is -2.31. The van der Waals surface area contributed by atoms with Crippen LogP contribution < -0.4 is 10.1 Å². The van der Waals surface area contributed by atoms with Gasteiger partial charge in [-0.2, -0.15) is 0 Å². The number of aromatic amines is 1. The summed E-state index contributed by atoms with van der Waals surface area (Å²) in [6.45, 7) is 10.3. The number of H-pyrrole nitrogens is 1. The molecule has 2 aromatic heterocycles. The third-order valence-corrected chi connectivity index (χ3v) is 7.15. The van der Waals surface area contributed by atoms with E-state index < -0.39 is 6.36 Å². The van der Waals surface area contributed by atoms with Crippen molar-refractivity contribution in [3.8, 4) is 17.0 Å². The molecule has 0 radical (unpaired) electrons. The number of aromatic nitrogens is 2. The van der Waals surface area contributed by atoms with Gasteiger partial charge in [-0.1, -0.05) is 27.7 Å². The number of benzene rings is 2. The van der Waals surface area contributed by atoms with E-state index in [4.69, 9.17) is 0 Å². The van der Waals surface area contributed by atoms with Gasteiger partial charge in [0, 0.05) is 23.8 Å². The Kier molecular flexibility index (Phi) is 11.5. The van der Waals surface area contributed by atoms with Gasteiger partial charge in [-0.3, -0.25) is 9.78 Å². The first-order chi connectivity index (χ1) is 20.2. The highest BCUT2D eigenvalue weighted by Crippen LogP contribution is 2.38. The van der Waals surface area contributed by atoms with E-state index >= 15 is 0 Å². The van der Waals surface area contributed by atoms with Gasteiger partial charge in [0.1, 0.15) is 11.6 Å². The smallest absolute Gasteiger partial charge is 0.406 e. The maximum absolute atomic E-state index is 13.9. The van der Waals surface area contributed by atoms with Crippen LogP contribution in [0.3, 0.4) is 0 Å². The Balaban J connectivity index is 0.00000116. The minimum absolute atomic E-state index is 0.238. The maximum atomic E-state index is 13.9. The van der Waals surface area contributed by atoms with Gasteiger partial charge in [0.05, 0.1) is 16.8 Å². The zero-order valence-corrected chi connectivity index (χ0v) is 24.7. The van der Waals surface area contributed by atoms with E-state index in [9.17, 15) is 22.4 Å². The first-order valence-electron chi connectivity index (χ1n) is 14.5. The molecular weight excluding hydrogens is 546 g/mol. The number of nitrogens with zero attached hydrogens (tertiary/aromatic N) is 1. The van der Waals surface area contributed by atoms with Crippen molar-refractivity contribution in [3.05, 3.63) is 83.4 Å². The number of halogens is 4. The van der Waals surface area contributed by atoms with Crippen LogP contribution >= 0.6 is 0 Å². The van der Waals surface area contributed by atoms with E-state index in [-0.39, 0.29) is 17.5 Å². The lowest BCUT2D eigenvalue weighted by Gasteiger charge is -2.29. The number of aryl methyl sites for hydroxylation is 1. The molecule has 4 aromatic rings. The molecule has 1 aliphatic carbocycles. The summed E-state index contributed by atoms with van der Waals surface area (Å²) in [4.78, 5) is 20.6. The summed E-state index contributed by atoms with van der Waals surface area (Å²) in [6, 6.07) is 13.8. The highest BCUT2D eigenvalue weighted by molar-refractivity contribution is 6.00. The van der Waals surface area contributed by atoms with Gasteiger partial charge in [-0.05, 0) is 110 Å². The van der Waals surface area contributed by atoms with Crippen LogP contribution in [0.25, 0.3) is 22.2 Å². The van der Waals surface area contributed by atoms with Gasteiger partial charge in [0.2, 0.25) is 0 Å². The minimum atomic E-state index is -4.77. The number of nitrogens with one attached hydrogen (secondary N) is 2. The number of fused-ring (bicyclic) bond motifs is 1. The highest BCUT2D eigenvalue weighted by atomic mass is 19.4. The second-order valence-corrected chi connectivity index (χ2v) is 9.80. The zero-order valence-electron chi connectivity index (χ0n) is 24.7. The van der Waals surface area contributed by atoms with Crippen molar-refractivity contribution in [1.82, 2.24) is 15.3 Å². The minimum Gasteiger partial charge on any atom is -0.406 e. The monoisotopic (exact) mass is 585 g/mol. The predicted octanol–water partition coefficient (Wildman–Crippen LogP) is 9.33. The van der Waals surface area contributed by atoms with E-state index in [1.165, 1.54) is 30.3 Å². The number of alkyl halides is 3. The summed E-state index contributed by atoms with van der Waals surface area (Å²) in [7, 11) is 0. The molecule has 0 unspecified atom stereocenters. The Hall–Kier alpha value is -3.88. The molecule has 2 N–H and O–H groups in total. The summed E-state index contributed by atoms with van der Waals surface area (Å²) in [5.41, 5.74) is 4.24. The van der Waals surface area contributed by atoms with E-state index in [0.717, 1.165) is 47.8 Å². The zero-order chi connectivity index (χ0) is 30.9. The summed E-state index contributed by atoms with van der Waals surface area (Å²) in [6.07, 6.45) is 0.759. The summed E-state index contributed by atoms with van der Waals surface area (Å²) in [5, 5.41) is 3.89. The van der Waals surface area contributed by atoms with Crippen molar-refractivity contribution < 1.29 is 27.1 Å². The first kappa shape index (κ1) is 32.6. The third kappa shape index (κ3) is 8.33. The van der Waals surface area contributed by atoms with Gasteiger partial charge in [0.25, 0.3) is 5.91 Å². The second kappa shape index (κ2) is 14.8. The molecule has 0 aliphatic heterocycles. The molecule has 2 aromatic carbocycles. The van der Waals surface area contributed by atoms with Gasteiger partial charge in [-0.25, -0.2) is 4.39 Å². The normalized spacial score (nSPS) is 16.5. The number of pyridine rings is 1. The predicted molar refractivity (Wildman–Crippen MR) is 159 cm³/mol. The lowest BCUT2D eigenvalue weighted by molar-refractivity contribution is -0.274. The quantitative estimate of drug-likeness (QED) is 0.222. The largest absolute Gasteiger partial charge is 0.573 e. The van der Waals surface area contributed by atoms with E-state index in [0.29, 0.717) is 35.2 Å². The van der Waals surface area contributed by atoms with Crippen LogP contribution in [0.4, 0.5) is 17.6 Å². The van der Waals surface area contributed by atoms with Crippen molar-refractivity contribution >= 4 is 16.8 Å². The first-order valence-corrected chi connectivity index (χ1v) is 14.5. The van der Waals surface area contributed by atoms with Crippen LogP contribution in [0, 0.1) is 18.7 Å². The van der Waals surface area contributed by atoms with Crippen molar-refractivity contribution in [1.29, 1.82) is 0 Å². The molecule has 5 rings (SSSR count). The van der Waals surface area contributed by atoms with Crippen molar-refractivity contribution in [2.75, 3.05) is 6.54 Å². The molecule has 1 fully saturated rings. The van der Waals surface area contributed by atoms with Gasteiger partial charge in [-0.15, -0.1) is 13.2 Å². The van der Waals surface area contributed by atoms with Crippen molar-refractivity contribution in [2.24, 2.45) is 5.92 Å². The molecule has 2 heterocycles. The Labute approximate surface area is 244 Å². The van der Waals surface area contributed by atoms with Crippen molar-refractivity contribution in [3.63, 3.8) is 0 Å². The van der Waals surface area contributed by atoms with Crippen LogP contribution in [0.2, 0.25) is 0 Å². The molecule has 1 amide bonds. The molecule has 1 saturated carbocycles. The molecule has 226 valence electrons. The van der Waals surface area contributed by atoms with E-state index in [1.807, 2.05) is 40.7 Å². The highest BCUT2D eigenvalue weighted by Gasteiger charge is 2.31. The van der Waals surface area contributed by atoms with Gasteiger partial charge >= 0.3 is 6.36 Å². The number of carbonyl (C=O) groups excluding carboxylic acids is 1. The molecule has 1 aliphatic rings. The van der Waals surface area contributed by atoms with Crippen LogP contribution in [-0.2, 0) is 0 Å². The lowest BCUT2D eigenvalue weighted by atomic mass is 9.78. The molecule has 5 nitrogen and oxygen atoms in total. The Bertz CT molecular complexity index is 1440. The molecule has 0 spiro atoms. The maximum Gasteiger partial charge on any atom is 0.573 e. The summed E-state index contributed by atoms with van der Waals surface area (Å²) < 4.78 is 55.2. The Morgan fingerprint density at radius 3 is 2.29 bits per heavy atom. The molecular formula is C33H39F4N3O2. The fourth-order valence-corrected chi connectivity index (χ4v) is 5.32. The van der Waals surface area contributed by atoms with E-state index in [2.05, 4.69) is 20.0 Å². The summed E-state index contributed by atoms with van der Waals surface area (Å²) in [5.74, 6) is -0.193. The Morgan fingerprint density at radius 1 is 0.976 bits per heavy atom. The number of carbonyl (C=O) groups is 1. The van der Waals surface area contributed by atoms with Gasteiger partial charge in [0.15, 0.2) is 0 Å². The molecule has 0 saturated heterocycles. The fraction of sp³-hybridized carbons (Fsp3) is 0.394. The number of hydrogen-bond donors (Lipinski definition) is 2. The average molecular weight is 586 g/mol. The van der Waals surface area contributed by atoms with Crippen LogP contribution in [0.1, 0.15) is 80.9 Å². The second-order valence-electron chi connectivity index (χ2n) is 9.80. The van der Waals surface area contributed by atoms with Gasteiger partial charge < -0.3 is 15.0 Å². The number of amides is 1. The summed E-state index contributed by atoms with van der Waals surface area (Å²) >= 11 is 0. The van der Waals surface area contributed by atoms with Crippen LogP contribution in [-0.4, -0.2) is 28.8 Å². The SMILES string of the molecule is CC.CC.Cc1cc(C(=O)NCC2CCC(c3ccnc4ccc(F)cc34)CC2)c(-c2ccc(OC(F)(F)F)cc2)[nH]1. The van der Waals surface area contributed by atoms with Crippen molar-refractivity contribution in [2.45, 2.75) is 72.6 Å². The molecule has 0 bridgehead atoms. The number of hydrogen-bond acceptors (Lipinski definition) is 3. The Morgan fingerprint density at radius 2 is 1.64 bits per heavy atom. The third-order valence-electron chi connectivity index (χ3n) is 7.15. The molecule has 9 heteroatoms. The van der Waals surface area contributed by atoms with Crippen LogP contribution in [0.5, 0.6) is 5.75 Å². The average Bonchev–Trinajstić information content (AvgIpc) is 3.39. The molecule has 0 atom stereocenters. The van der Waals surface area contributed by atoms with E-state index in [1.54, 1.807) is 24.4 Å².